The van der Waals surface area contributed by atoms with Gasteiger partial charge in [-0.05, 0) is 36.5 Å². The SMILES string of the molecule is Cl.Fc1ccc(C(CNC2CCCC2C2COCCN2)N2CCOCC2)cc1. The molecule has 0 bridgehead atoms. The first-order chi connectivity index (χ1) is 13.3. The third-order valence-corrected chi connectivity index (χ3v) is 6.35. The first kappa shape index (κ1) is 21.9. The summed E-state index contributed by atoms with van der Waals surface area (Å²) in [4.78, 5) is 2.47. The number of ether oxygens (including phenoxy) is 2. The summed E-state index contributed by atoms with van der Waals surface area (Å²) in [6, 6.07) is 8.25. The highest BCUT2D eigenvalue weighted by molar-refractivity contribution is 5.85. The number of rotatable bonds is 6. The molecule has 2 aliphatic heterocycles. The third kappa shape index (κ3) is 5.43. The molecule has 0 radical (unpaired) electrons. The van der Waals surface area contributed by atoms with Gasteiger partial charge in [0.2, 0.25) is 0 Å². The quantitative estimate of drug-likeness (QED) is 0.749. The number of nitrogens with one attached hydrogen (secondary N) is 2. The Balaban J connectivity index is 0.00000225. The van der Waals surface area contributed by atoms with Crippen LogP contribution in [0.5, 0.6) is 0 Å². The van der Waals surface area contributed by atoms with Crippen molar-refractivity contribution in [2.24, 2.45) is 5.92 Å². The van der Waals surface area contributed by atoms with E-state index in [4.69, 9.17) is 9.47 Å². The van der Waals surface area contributed by atoms with Crippen molar-refractivity contribution in [1.82, 2.24) is 15.5 Å². The summed E-state index contributed by atoms with van der Waals surface area (Å²) < 4.78 is 24.6. The number of morpholine rings is 2. The lowest BCUT2D eigenvalue weighted by atomic mass is 9.93. The van der Waals surface area contributed by atoms with Crippen LogP contribution in [0.2, 0.25) is 0 Å². The van der Waals surface area contributed by atoms with E-state index in [0.717, 1.165) is 52.6 Å². The normalized spacial score (nSPS) is 30.0. The maximum atomic E-state index is 13.4. The predicted octanol–water partition coefficient (Wildman–Crippen LogP) is 2.37. The monoisotopic (exact) mass is 413 g/mol. The van der Waals surface area contributed by atoms with Gasteiger partial charge in [-0.2, -0.15) is 0 Å². The first-order valence-electron chi connectivity index (χ1n) is 10.4. The van der Waals surface area contributed by atoms with Crippen LogP contribution in [0, 0.1) is 11.7 Å². The average Bonchev–Trinajstić information content (AvgIpc) is 3.19. The fourth-order valence-electron chi connectivity index (χ4n) is 4.88. The fraction of sp³-hybridized carbons (Fsp3) is 0.714. The largest absolute Gasteiger partial charge is 0.379 e. The molecule has 1 aromatic carbocycles. The lowest BCUT2D eigenvalue weighted by Gasteiger charge is -2.37. The molecule has 28 heavy (non-hydrogen) atoms. The summed E-state index contributed by atoms with van der Waals surface area (Å²) in [6.45, 7) is 6.89. The molecule has 2 saturated heterocycles. The zero-order chi connectivity index (χ0) is 18.5. The van der Waals surface area contributed by atoms with Crippen LogP contribution in [0.4, 0.5) is 4.39 Å². The van der Waals surface area contributed by atoms with Gasteiger partial charge in [0.15, 0.2) is 0 Å². The molecule has 4 unspecified atom stereocenters. The Morgan fingerprint density at radius 2 is 1.89 bits per heavy atom. The standard InChI is InChI=1S/C21H32FN3O2.ClH/c22-17-6-4-16(5-7-17)21(25-9-12-26-13-10-25)14-24-19-3-1-2-18(19)20-15-27-11-8-23-20;/h4-7,18-21,23-24H,1-3,8-15H2;1H. The number of nitrogens with zero attached hydrogens (tertiary/aromatic N) is 1. The smallest absolute Gasteiger partial charge is 0.123 e. The fourth-order valence-corrected chi connectivity index (χ4v) is 4.88. The van der Waals surface area contributed by atoms with Gasteiger partial charge in [0.05, 0.1) is 26.4 Å². The van der Waals surface area contributed by atoms with Crippen molar-refractivity contribution in [2.45, 2.75) is 37.4 Å². The molecule has 0 spiro atoms. The van der Waals surface area contributed by atoms with Crippen LogP contribution in [0.1, 0.15) is 30.9 Å². The second-order valence-corrected chi connectivity index (χ2v) is 7.96. The van der Waals surface area contributed by atoms with Crippen LogP contribution < -0.4 is 10.6 Å². The van der Waals surface area contributed by atoms with Crippen LogP contribution in [-0.2, 0) is 9.47 Å². The lowest BCUT2D eigenvalue weighted by Crippen LogP contribution is -2.52. The topological polar surface area (TPSA) is 45.8 Å². The molecule has 4 atom stereocenters. The minimum Gasteiger partial charge on any atom is -0.379 e. The summed E-state index contributed by atoms with van der Waals surface area (Å²) in [6.07, 6.45) is 3.76. The number of hydrogen-bond donors (Lipinski definition) is 2. The number of halogens is 2. The molecular formula is C21H33ClFN3O2. The minimum atomic E-state index is -0.174. The highest BCUT2D eigenvalue weighted by Crippen LogP contribution is 2.30. The third-order valence-electron chi connectivity index (χ3n) is 6.35. The Hall–Kier alpha value is -0.760. The molecular weight excluding hydrogens is 381 g/mol. The van der Waals surface area contributed by atoms with Crippen molar-refractivity contribution in [3.8, 4) is 0 Å². The Morgan fingerprint density at radius 1 is 1.11 bits per heavy atom. The van der Waals surface area contributed by atoms with Crippen LogP contribution in [0.3, 0.4) is 0 Å². The predicted molar refractivity (Wildman–Crippen MR) is 111 cm³/mol. The van der Waals surface area contributed by atoms with Gasteiger partial charge in [-0.15, -0.1) is 12.4 Å². The average molecular weight is 414 g/mol. The van der Waals surface area contributed by atoms with Gasteiger partial charge in [0, 0.05) is 44.3 Å². The van der Waals surface area contributed by atoms with Gasteiger partial charge >= 0.3 is 0 Å². The molecule has 0 amide bonds. The van der Waals surface area contributed by atoms with Crippen LogP contribution in [0.15, 0.2) is 24.3 Å². The molecule has 4 rings (SSSR count). The molecule has 1 aliphatic carbocycles. The van der Waals surface area contributed by atoms with Gasteiger partial charge in [0.25, 0.3) is 0 Å². The van der Waals surface area contributed by atoms with Crippen LogP contribution >= 0.6 is 12.4 Å². The molecule has 3 fully saturated rings. The van der Waals surface area contributed by atoms with Gasteiger partial charge in [-0.1, -0.05) is 18.6 Å². The Morgan fingerprint density at radius 3 is 2.61 bits per heavy atom. The van der Waals surface area contributed by atoms with Crippen LogP contribution in [0.25, 0.3) is 0 Å². The molecule has 7 heteroatoms. The molecule has 1 aromatic rings. The van der Waals surface area contributed by atoms with E-state index in [-0.39, 0.29) is 24.3 Å². The Kier molecular flexibility index (Phi) is 8.51. The molecule has 5 nitrogen and oxygen atoms in total. The van der Waals surface area contributed by atoms with Gasteiger partial charge < -0.3 is 20.1 Å². The molecule has 0 aromatic heterocycles. The highest BCUT2D eigenvalue weighted by Gasteiger charge is 2.35. The highest BCUT2D eigenvalue weighted by atomic mass is 35.5. The van der Waals surface area contributed by atoms with Crippen molar-refractivity contribution in [3.05, 3.63) is 35.6 Å². The maximum Gasteiger partial charge on any atom is 0.123 e. The van der Waals surface area contributed by atoms with Crippen molar-refractivity contribution in [3.63, 3.8) is 0 Å². The summed E-state index contributed by atoms with van der Waals surface area (Å²) in [5, 5.41) is 7.51. The summed E-state index contributed by atoms with van der Waals surface area (Å²) in [5.41, 5.74) is 1.18. The van der Waals surface area contributed by atoms with E-state index in [1.807, 2.05) is 12.1 Å². The van der Waals surface area contributed by atoms with Gasteiger partial charge in [-0.3, -0.25) is 4.90 Å². The number of hydrogen-bond acceptors (Lipinski definition) is 5. The van der Waals surface area contributed by atoms with Gasteiger partial charge in [0.1, 0.15) is 5.82 Å². The van der Waals surface area contributed by atoms with E-state index in [1.165, 1.54) is 24.8 Å². The minimum absolute atomic E-state index is 0. The summed E-state index contributed by atoms with van der Waals surface area (Å²) in [7, 11) is 0. The van der Waals surface area contributed by atoms with Gasteiger partial charge in [-0.25, -0.2) is 4.39 Å². The maximum absolute atomic E-state index is 13.4. The zero-order valence-electron chi connectivity index (χ0n) is 16.4. The van der Waals surface area contributed by atoms with E-state index in [1.54, 1.807) is 12.1 Å². The molecule has 158 valence electrons. The first-order valence-corrected chi connectivity index (χ1v) is 10.4. The van der Waals surface area contributed by atoms with Crippen molar-refractivity contribution in [2.75, 3.05) is 52.6 Å². The van der Waals surface area contributed by atoms with Crippen LogP contribution in [-0.4, -0.2) is 69.6 Å². The van der Waals surface area contributed by atoms with Crippen molar-refractivity contribution < 1.29 is 13.9 Å². The molecule has 2 N–H and O–H groups in total. The van der Waals surface area contributed by atoms with E-state index in [2.05, 4.69) is 15.5 Å². The van der Waals surface area contributed by atoms with E-state index >= 15 is 0 Å². The van der Waals surface area contributed by atoms with Crippen molar-refractivity contribution >= 4 is 12.4 Å². The summed E-state index contributed by atoms with van der Waals surface area (Å²) >= 11 is 0. The van der Waals surface area contributed by atoms with E-state index < -0.39 is 0 Å². The molecule has 3 aliphatic rings. The molecule has 1 saturated carbocycles. The lowest BCUT2D eigenvalue weighted by molar-refractivity contribution is 0.0144. The zero-order valence-corrected chi connectivity index (χ0v) is 17.3. The van der Waals surface area contributed by atoms with E-state index in [0.29, 0.717) is 18.0 Å². The van der Waals surface area contributed by atoms with Crippen molar-refractivity contribution in [1.29, 1.82) is 0 Å². The Bertz CT molecular complexity index is 580. The second kappa shape index (κ2) is 10.9. The Labute approximate surface area is 173 Å². The number of benzene rings is 1. The summed E-state index contributed by atoms with van der Waals surface area (Å²) in [5.74, 6) is 0.454. The van der Waals surface area contributed by atoms with E-state index in [9.17, 15) is 4.39 Å². The molecule has 2 heterocycles. The second-order valence-electron chi connectivity index (χ2n) is 7.96.